The van der Waals surface area contributed by atoms with Gasteiger partial charge in [-0.2, -0.15) is 17.7 Å². The second kappa shape index (κ2) is 8.21. The number of fused-ring (bicyclic) bond motifs is 1. The van der Waals surface area contributed by atoms with Crippen molar-refractivity contribution in [3.8, 4) is 0 Å². The zero-order valence-corrected chi connectivity index (χ0v) is 15.9. The standard InChI is InChI=1S/C17H21F3N6O3/c1-10(2)21-14(27)9-29-15(28)11-5-7-25(8-6-11)13-4-3-12-22-23-16(17(18,19)20)26(12)24-13/h3-4,10-11H,5-9H2,1-2H3,(H,21,27). The van der Waals surface area contributed by atoms with E-state index in [0.717, 1.165) is 0 Å². The molecule has 1 aliphatic heterocycles. The summed E-state index contributed by atoms with van der Waals surface area (Å²) in [6.07, 6.45) is -3.78. The van der Waals surface area contributed by atoms with Crippen LogP contribution < -0.4 is 10.2 Å². The Bertz CT molecular complexity index is 890. The van der Waals surface area contributed by atoms with Crippen molar-refractivity contribution in [3.05, 3.63) is 18.0 Å². The van der Waals surface area contributed by atoms with E-state index in [-0.39, 0.29) is 30.1 Å². The lowest BCUT2D eigenvalue weighted by atomic mass is 9.97. The maximum absolute atomic E-state index is 13.0. The molecule has 3 rings (SSSR count). The number of ether oxygens (including phenoxy) is 1. The van der Waals surface area contributed by atoms with E-state index >= 15 is 0 Å². The minimum atomic E-state index is -4.66. The van der Waals surface area contributed by atoms with Gasteiger partial charge in [-0.25, -0.2) is 0 Å². The van der Waals surface area contributed by atoms with E-state index in [0.29, 0.717) is 36.3 Å². The van der Waals surface area contributed by atoms with E-state index in [2.05, 4.69) is 20.6 Å². The summed E-state index contributed by atoms with van der Waals surface area (Å²) in [5, 5.41) is 13.3. The molecule has 0 saturated carbocycles. The highest BCUT2D eigenvalue weighted by molar-refractivity contribution is 5.81. The zero-order valence-electron chi connectivity index (χ0n) is 15.9. The van der Waals surface area contributed by atoms with Gasteiger partial charge in [-0.15, -0.1) is 15.3 Å². The molecule has 0 radical (unpaired) electrons. The van der Waals surface area contributed by atoms with E-state index in [1.54, 1.807) is 24.8 Å². The lowest BCUT2D eigenvalue weighted by Crippen LogP contribution is -2.39. The Morgan fingerprint density at radius 1 is 1.24 bits per heavy atom. The average molecular weight is 414 g/mol. The highest BCUT2D eigenvalue weighted by atomic mass is 19.4. The molecule has 1 N–H and O–H groups in total. The van der Waals surface area contributed by atoms with Gasteiger partial charge in [0.1, 0.15) is 5.82 Å². The topological polar surface area (TPSA) is 102 Å². The van der Waals surface area contributed by atoms with Gasteiger partial charge in [0.05, 0.1) is 5.92 Å². The molecular weight excluding hydrogens is 393 g/mol. The monoisotopic (exact) mass is 414 g/mol. The lowest BCUT2D eigenvalue weighted by Gasteiger charge is -2.31. The van der Waals surface area contributed by atoms with Crippen molar-refractivity contribution in [1.82, 2.24) is 25.1 Å². The fourth-order valence-corrected chi connectivity index (χ4v) is 3.09. The summed E-state index contributed by atoms with van der Waals surface area (Å²) in [4.78, 5) is 25.5. The Morgan fingerprint density at radius 3 is 2.55 bits per heavy atom. The number of piperidine rings is 1. The molecule has 29 heavy (non-hydrogen) atoms. The number of hydrogen-bond donors (Lipinski definition) is 1. The van der Waals surface area contributed by atoms with Crippen LogP contribution in [0, 0.1) is 5.92 Å². The molecule has 0 spiro atoms. The van der Waals surface area contributed by atoms with Crippen LogP contribution in [-0.4, -0.2) is 57.4 Å². The summed E-state index contributed by atoms with van der Waals surface area (Å²) >= 11 is 0. The summed E-state index contributed by atoms with van der Waals surface area (Å²) in [6.45, 7) is 4.11. The van der Waals surface area contributed by atoms with Crippen LogP contribution >= 0.6 is 0 Å². The minimum absolute atomic E-state index is 0.000729. The van der Waals surface area contributed by atoms with E-state index < -0.39 is 18.0 Å². The molecule has 158 valence electrons. The fourth-order valence-electron chi connectivity index (χ4n) is 3.09. The average Bonchev–Trinajstić information content (AvgIpc) is 3.09. The van der Waals surface area contributed by atoms with E-state index in [9.17, 15) is 22.8 Å². The van der Waals surface area contributed by atoms with Gasteiger partial charge >= 0.3 is 12.1 Å². The first-order valence-electron chi connectivity index (χ1n) is 9.15. The number of nitrogens with zero attached hydrogens (tertiary/aromatic N) is 5. The second-order valence-corrected chi connectivity index (χ2v) is 7.07. The Kier molecular flexibility index (Phi) is 5.89. The van der Waals surface area contributed by atoms with Gasteiger partial charge in [0.25, 0.3) is 11.7 Å². The van der Waals surface area contributed by atoms with Gasteiger partial charge in [0.2, 0.25) is 0 Å². The van der Waals surface area contributed by atoms with Gasteiger partial charge in [0.15, 0.2) is 12.3 Å². The number of aromatic nitrogens is 4. The van der Waals surface area contributed by atoms with Crippen LogP contribution in [0.4, 0.5) is 19.0 Å². The Balaban J connectivity index is 1.59. The van der Waals surface area contributed by atoms with Gasteiger partial charge in [0, 0.05) is 19.1 Å². The van der Waals surface area contributed by atoms with Crippen LogP contribution in [0.1, 0.15) is 32.5 Å². The SMILES string of the molecule is CC(C)NC(=O)COC(=O)C1CCN(c2ccc3nnc(C(F)(F)F)n3n2)CC1. The number of esters is 1. The Hall–Kier alpha value is -2.92. The molecule has 1 fully saturated rings. The van der Waals surface area contributed by atoms with Crippen molar-refractivity contribution in [2.45, 2.75) is 38.9 Å². The largest absolute Gasteiger partial charge is 0.455 e. The van der Waals surface area contributed by atoms with Crippen molar-refractivity contribution < 1.29 is 27.5 Å². The van der Waals surface area contributed by atoms with Crippen LogP contribution in [0.5, 0.6) is 0 Å². The van der Waals surface area contributed by atoms with Gasteiger partial charge in [-0.1, -0.05) is 0 Å². The Morgan fingerprint density at radius 2 is 1.93 bits per heavy atom. The maximum atomic E-state index is 13.0. The summed E-state index contributed by atoms with van der Waals surface area (Å²) in [5.74, 6) is -2.04. The molecule has 0 unspecified atom stereocenters. The number of halogens is 3. The zero-order chi connectivity index (χ0) is 21.2. The summed E-state index contributed by atoms with van der Waals surface area (Å²) in [5.41, 5.74) is -0.000729. The van der Waals surface area contributed by atoms with E-state index in [1.165, 1.54) is 6.07 Å². The van der Waals surface area contributed by atoms with Gasteiger partial charge < -0.3 is 15.0 Å². The van der Waals surface area contributed by atoms with Crippen LogP contribution in [0.2, 0.25) is 0 Å². The van der Waals surface area contributed by atoms with E-state index in [4.69, 9.17) is 4.74 Å². The third-order valence-corrected chi connectivity index (χ3v) is 4.45. The van der Waals surface area contributed by atoms with Crippen LogP contribution in [0.25, 0.3) is 5.65 Å². The normalized spacial score (nSPS) is 15.7. The number of rotatable bonds is 5. The molecule has 0 atom stereocenters. The van der Waals surface area contributed by atoms with Crippen molar-refractivity contribution in [2.75, 3.05) is 24.6 Å². The van der Waals surface area contributed by atoms with Crippen LogP contribution in [0.3, 0.4) is 0 Å². The number of nitrogens with one attached hydrogen (secondary N) is 1. The predicted molar refractivity (Wildman–Crippen MR) is 95.0 cm³/mol. The smallest absolute Gasteiger partial charge is 0.453 e. The van der Waals surface area contributed by atoms with Crippen molar-refractivity contribution in [1.29, 1.82) is 0 Å². The maximum Gasteiger partial charge on any atom is 0.453 e. The number of hydrogen-bond acceptors (Lipinski definition) is 7. The molecule has 2 aromatic rings. The molecule has 1 aliphatic rings. The molecule has 1 saturated heterocycles. The van der Waals surface area contributed by atoms with Gasteiger partial charge in [-0.05, 0) is 38.8 Å². The molecule has 3 heterocycles. The van der Waals surface area contributed by atoms with Crippen molar-refractivity contribution in [2.24, 2.45) is 5.92 Å². The first kappa shape index (κ1) is 20.8. The first-order valence-corrected chi connectivity index (χ1v) is 9.15. The van der Waals surface area contributed by atoms with E-state index in [1.807, 2.05) is 0 Å². The molecule has 0 bridgehead atoms. The fraction of sp³-hybridized carbons (Fsp3) is 0.588. The van der Waals surface area contributed by atoms with Crippen LogP contribution in [0.15, 0.2) is 12.1 Å². The quantitative estimate of drug-likeness (QED) is 0.739. The molecule has 0 aromatic carbocycles. The number of carbonyl (C=O) groups excluding carboxylic acids is 2. The summed E-state index contributed by atoms with van der Waals surface area (Å²) < 4.78 is 44.7. The highest BCUT2D eigenvalue weighted by Crippen LogP contribution is 2.28. The molecule has 12 heteroatoms. The second-order valence-electron chi connectivity index (χ2n) is 7.07. The molecule has 2 aromatic heterocycles. The number of amides is 1. The highest BCUT2D eigenvalue weighted by Gasteiger charge is 2.38. The third kappa shape index (κ3) is 4.93. The Labute approximate surface area is 164 Å². The third-order valence-electron chi connectivity index (χ3n) is 4.45. The van der Waals surface area contributed by atoms with Crippen LogP contribution in [-0.2, 0) is 20.5 Å². The minimum Gasteiger partial charge on any atom is -0.455 e. The first-order chi connectivity index (χ1) is 13.6. The van der Waals surface area contributed by atoms with Crippen molar-refractivity contribution in [3.63, 3.8) is 0 Å². The molecular formula is C17H21F3N6O3. The molecule has 1 amide bonds. The summed E-state index contributed by atoms with van der Waals surface area (Å²) in [6, 6.07) is 2.94. The predicted octanol–water partition coefficient (Wildman–Crippen LogP) is 1.43. The number of alkyl halides is 3. The number of anilines is 1. The lowest BCUT2D eigenvalue weighted by molar-refractivity contribution is -0.153. The van der Waals surface area contributed by atoms with Gasteiger partial charge in [-0.3, -0.25) is 9.59 Å². The number of carbonyl (C=O) groups is 2. The van der Waals surface area contributed by atoms with Crippen molar-refractivity contribution >= 4 is 23.3 Å². The summed E-state index contributed by atoms with van der Waals surface area (Å²) in [7, 11) is 0. The molecule has 9 nitrogen and oxygen atoms in total. The molecule has 0 aliphatic carbocycles.